The molecule has 0 saturated carbocycles. The first-order chi connectivity index (χ1) is 6.46. The summed E-state index contributed by atoms with van der Waals surface area (Å²) in [5, 5.41) is 21.5. The van der Waals surface area contributed by atoms with Crippen LogP contribution in [0.1, 0.15) is 6.92 Å². The molecule has 4 unspecified atom stereocenters. The first kappa shape index (κ1) is 16.6. The number of carboxylic acids is 2. The van der Waals surface area contributed by atoms with Crippen LogP contribution in [0.25, 0.3) is 0 Å². The fourth-order valence-electron chi connectivity index (χ4n) is 2.22. The van der Waals surface area contributed by atoms with Gasteiger partial charge in [0.2, 0.25) is 0 Å². The van der Waals surface area contributed by atoms with Crippen LogP contribution in [0.5, 0.6) is 0 Å². The summed E-state index contributed by atoms with van der Waals surface area (Å²) in [5.41, 5.74) is -1.06. The number of ether oxygens (including phenoxy) is 1. The fraction of sp³-hybridized carbons (Fsp3) is 0.556. The molecule has 0 aromatic carbocycles. The van der Waals surface area contributed by atoms with Crippen LogP contribution in [-0.4, -0.2) is 23.6 Å². The predicted molar refractivity (Wildman–Crippen MR) is 39.4 cm³/mol. The second-order valence-electron chi connectivity index (χ2n) is 3.77. The van der Waals surface area contributed by atoms with Crippen LogP contribution in [0.3, 0.4) is 0 Å². The molecule has 1 fully saturated rings. The van der Waals surface area contributed by atoms with Gasteiger partial charge < -0.3 is 24.5 Å². The zero-order valence-corrected chi connectivity index (χ0v) is 13.4. The summed E-state index contributed by atoms with van der Waals surface area (Å²) < 4.78 is 5.25. The number of fused-ring (bicyclic) bond motifs is 2. The van der Waals surface area contributed by atoms with Crippen molar-refractivity contribution in [2.24, 2.45) is 11.8 Å². The number of carboxylic acid groups (broad SMARTS) is 2. The minimum atomic E-state index is -1.41. The first-order valence-electron chi connectivity index (χ1n) is 4.24. The number of rotatable bonds is 2. The molecule has 0 aromatic heterocycles. The second kappa shape index (κ2) is 5.52. The summed E-state index contributed by atoms with van der Waals surface area (Å²) in [6.07, 6.45) is 2.42. The van der Waals surface area contributed by atoms with Gasteiger partial charge in [0.05, 0.1) is 11.7 Å². The van der Waals surface area contributed by atoms with Crippen LogP contribution in [0.2, 0.25) is 0 Å². The van der Waals surface area contributed by atoms with Crippen molar-refractivity contribution in [3.05, 3.63) is 12.2 Å². The van der Waals surface area contributed by atoms with Crippen molar-refractivity contribution in [2.45, 2.75) is 18.6 Å². The van der Waals surface area contributed by atoms with Crippen molar-refractivity contribution in [2.75, 3.05) is 0 Å². The topological polar surface area (TPSA) is 89.5 Å². The molecule has 4 atom stereocenters. The van der Waals surface area contributed by atoms with E-state index in [1.807, 2.05) is 0 Å². The van der Waals surface area contributed by atoms with Crippen molar-refractivity contribution in [3.8, 4) is 0 Å². The maximum absolute atomic E-state index is 10.8. The molecule has 0 spiro atoms. The molecule has 0 aliphatic carbocycles. The average molecular weight is 242 g/mol. The van der Waals surface area contributed by atoms with Crippen molar-refractivity contribution in [3.63, 3.8) is 0 Å². The van der Waals surface area contributed by atoms with E-state index in [2.05, 4.69) is 0 Å². The predicted octanol–water partition coefficient (Wildman–Crippen LogP) is -8.55. The van der Waals surface area contributed by atoms with Gasteiger partial charge in [-0.15, -0.1) is 0 Å². The first-order valence-corrected chi connectivity index (χ1v) is 4.24. The molecule has 0 radical (unpaired) electrons. The van der Waals surface area contributed by atoms with Gasteiger partial charge in [-0.05, 0) is 6.92 Å². The van der Waals surface area contributed by atoms with Crippen molar-refractivity contribution < 1.29 is 83.7 Å². The van der Waals surface area contributed by atoms with Crippen molar-refractivity contribution >= 4 is 11.9 Å². The minimum absolute atomic E-state index is 0. The average Bonchev–Trinajstić information content (AvgIpc) is 2.55. The van der Waals surface area contributed by atoms with E-state index in [1.165, 1.54) is 6.92 Å². The Morgan fingerprint density at radius 3 is 2.19 bits per heavy atom. The molecule has 5 nitrogen and oxygen atoms in total. The Morgan fingerprint density at radius 1 is 1.25 bits per heavy atom. The molecular formula is C9H8Na2O5. The third kappa shape index (κ3) is 2.41. The van der Waals surface area contributed by atoms with E-state index in [1.54, 1.807) is 12.2 Å². The Hall–Kier alpha value is 0.640. The number of hydrogen-bond acceptors (Lipinski definition) is 5. The van der Waals surface area contributed by atoms with Crippen LogP contribution in [0, 0.1) is 11.8 Å². The zero-order valence-electron chi connectivity index (χ0n) is 9.43. The summed E-state index contributed by atoms with van der Waals surface area (Å²) >= 11 is 0. The van der Waals surface area contributed by atoms with Crippen LogP contribution in [-0.2, 0) is 14.3 Å². The van der Waals surface area contributed by atoms with Gasteiger partial charge in [-0.1, -0.05) is 12.2 Å². The van der Waals surface area contributed by atoms with E-state index < -0.39 is 35.5 Å². The Bertz CT molecular complexity index is 343. The minimum Gasteiger partial charge on any atom is -0.550 e. The summed E-state index contributed by atoms with van der Waals surface area (Å²) in [7, 11) is 0. The van der Waals surface area contributed by atoms with Gasteiger partial charge >= 0.3 is 59.1 Å². The molecule has 2 heterocycles. The van der Waals surface area contributed by atoms with Gasteiger partial charge in [0, 0.05) is 23.8 Å². The fourth-order valence-corrected chi connectivity index (χ4v) is 2.22. The molecule has 2 bridgehead atoms. The molecule has 2 aliphatic rings. The number of aliphatic carboxylic acids is 2. The normalized spacial score (nSPS) is 38.7. The Labute approximate surface area is 137 Å². The Morgan fingerprint density at radius 2 is 1.81 bits per heavy atom. The van der Waals surface area contributed by atoms with Crippen molar-refractivity contribution in [1.29, 1.82) is 0 Å². The van der Waals surface area contributed by atoms with Gasteiger partial charge in [0.15, 0.2) is 0 Å². The zero-order chi connectivity index (χ0) is 10.5. The van der Waals surface area contributed by atoms with Crippen LogP contribution >= 0.6 is 0 Å². The van der Waals surface area contributed by atoms with E-state index in [0.29, 0.717) is 0 Å². The van der Waals surface area contributed by atoms with Crippen LogP contribution < -0.4 is 69.3 Å². The second-order valence-corrected chi connectivity index (χ2v) is 3.77. The Balaban J connectivity index is 0.00000112. The molecule has 0 N–H and O–H groups in total. The summed E-state index contributed by atoms with van der Waals surface area (Å²) in [6.45, 7) is 1.53. The molecule has 2 aliphatic heterocycles. The van der Waals surface area contributed by atoms with Gasteiger partial charge in [-0.2, -0.15) is 0 Å². The molecule has 7 heteroatoms. The van der Waals surface area contributed by atoms with E-state index in [9.17, 15) is 19.8 Å². The molecule has 2 rings (SSSR count). The maximum atomic E-state index is 10.8. The quantitative estimate of drug-likeness (QED) is 0.354. The van der Waals surface area contributed by atoms with Gasteiger partial charge in [0.25, 0.3) is 0 Å². The van der Waals surface area contributed by atoms with E-state index >= 15 is 0 Å². The van der Waals surface area contributed by atoms with Gasteiger partial charge in [-0.25, -0.2) is 0 Å². The van der Waals surface area contributed by atoms with Crippen LogP contribution in [0.4, 0.5) is 0 Å². The largest absolute Gasteiger partial charge is 1.00 e. The Kier molecular flexibility index (Phi) is 5.74. The summed E-state index contributed by atoms with van der Waals surface area (Å²) in [4.78, 5) is 21.5. The van der Waals surface area contributed by atoms with Gasteiger partial charge in [-0.3, -0.25) is 0 Å². The number of hydrogen-bond donors (Lipinski definition) is 0. The molecule has 0 amide bonds. The summed E-state index contributed by atoms with van der Waals surface area (Å²) in [6, 6.07) is 0. The standard InChI is InChI=1S/C9H10O5.2Na/c1-9-3-2-4(14-9)5(7(10)11)6(9)8(12)13;;/h2-6H,1H3,(H,10,11)(H,12,13);;/q;2*+1/p-2. The molecule has 76 valence electrons. The van der Waals surface area contributed by atoms with Crippen molar-refractivity contribution in [1.82, 2.24) is 0 Å². The van der Waals surface area contributed by atoms with Gasteiger partial charge in [0.1, 0.15) is 0 Å². The smallest absolute Gasteiger partial charge is 0.550 e. The molecule has 0 aromatic rings. The molecular weight excluding hydrogens is 234 g/mol. The summed E-state index contributed by atoms with van der Waals surface area (Å²) in [5.74, 6) is -5.12. The number of carbonyl (C=O) groups is 2. The SMILES string of the molecule is CC12C=CC(O1)C(C(=O)[O-])C2C(=O)[O-].[Na+].[Na+]. The maximum Gasteiger partial charge on any atom is 1.00 e. The third-order valence-corrected chi connectivity index (χ3v) is 2.86. The van der Waals surface area contributed by atoms with E-state index in [0.717, 1.165) is 0 Å². The van der Waals surface area contributed by atoms with E-state index in [4.69, 9.17) is 4.74 Å². The molecule has 16 heavy (non-hydrogen) atoms. The molecule has 1 saturated heterocycles. The van der Waals surface area contributed by atoms with E-state index in [-0.39, 0.29) is 59.1 Å². The van der Waals surface area contributed by atoms with Crippen LogP contribution in [0.15, 0.2) is 12.2 Å². The number of carbonyl (C=O) groups excluding carboxylic acids is 2. The third-order valence-electron chi connectivity index (χ3n) is 2.86. The monoisotopic (exact) mass is 242 g/mol.